The van der Waals surface area contributed by atoms with E-state index < -0.39 is 5.69 Å². The SMILES string of the molecule is Cn1c(O)cn(-c2c(C(=O)N3CCCC3)oc3nc(-c4ccccc4Cl)c(-c4ccc(Cl)cc4)cc23)c1=O. The molecule has 0 spiro atoms. The van der Waals surface area contributed by atoms with Gasteiger partial charge in [0.25, 0.3) is 5.91 Å². The molecule has 8 nitrogen and oxygen atoms in total. The number of pyridine rings is 1. The van der Waals surface area contributed by atoms with Gasteiger partial charge in [0.05, 0.1) is 17.3 Å². The maximum absolute atomic E-state index is 13.6. The first kappa shape index (κ1) is 24.3. The highest BCUT2D eigenvalue weighted by atomic mass is 35.5. The Morgan fingerprint density at radius 1 is 1.03 bits per heavy atom. The first-order chi connectivity index (χ1) is 18.3. The number of aromatic hydroxyl groups is 1. The van der Waals surface area contributed by atoms with E-state index in [0.29, 0.717) is 45.3 Å². The zero-order valence-corrected chi connectivity index (χ0v) is 21.8. The number of carbonyl (C=O) groups is 1. The highest BCUT2D eigenvalue weighted by Crippen LogP contribution is 2.40. The molecule has 0 atom stereocenters. The van der Waals surface area contributed by atoms with Gasteiger partial charge in [0.15, 0.2) is 0 Å². The van der Waals surface area contributed by atoms with E-state index in [1.165, 1.54) is 17.8 Å². The number of hydrogen-bond acceptors (Lipinski definition) is 5. The van der Waals surface area contributed by atoms with Crippen LogP contribution in [0.5, 0.6) is 5.88 Å². The lowest BCUT2D eigenvalue weighted by Gasteiger charge is -2.14. The monoisotopic (exact) mass is 548 g/mol. The van der Waals surface area contributed by atoms with E-state index in [4.69, 9.17) is 32.6 Å². The second-order valence-electron chi connectivity index (χ2n) is 9.20. The minimum atomic E-state index is -0.524. The number of aromatic nitrogens is 3. The van der Waals surface area contributed by atoms with Gasteiger partial charge in [-0.3, -0.25) is 13.9 Å². The maximum atomic E-state index is 13.6. The van der Waals surface area contributed by atoms with Crippen molar-refractivity contribution in [3.8, 4) is 34.0 Å². The van der Waals surface area contributed by atoms with E-state index in [1.54, 1.807) is 23.1 Å². The number of furan rings is 1. The normalized spacial score (nSPS) is 13.5. The third-order valence-corrected chi connectivity index (χ3v) is 7.43. The van der Waals surface area contributed by atoms with Crippen molar-refractivity contribution >= 4 is 40.2 Å². The highest BCUT2D eigenvalue weighted by molar-refractivity contribution is 6.33. The van der Waals surface area contributed by atoms with Crippen LogP contribution in [0.15, 0.2) is 70.0 Å². The Bertz CT molecular complexity index is 1760. The number of amides is 1. The van der Waals surface area contributed by atoms with Gasteiger partial charge >= 0.3 is 5.69 Å². The van der Waals surface area contributed by atoms with Crippen LogP contribution in [0.25, 0.3) is 39.2 Å². The number of carbonyl (C=O) groups excluding carboxylic acids is 1. The molecule has 6 rings (SSSR count). The maximum Gasteiger partial charge on any atom is 0.335 e. The summed E-state index contributed by atoms with van der Waals surface area (Å²) in [4.78, 5) is 33.2. The summed E-state index contributed by atoms with van der Waals surface area (Å²) < 4.78 is 8.45. The van der Waals surface area contributed by atoms with Crippen molar-refractivity contribution < 1.29 is 14.3 Å². The van der Waals surface area contributed by atoms with Crippen LogP contribution in [0.2, 0.25) is 10.0 Å². The van der Waals surface area contributed by atoms with Crippen LogP contribution in [-0.2, 0) is 7.05 Å². The van der Waals surface area contributed by atoms with Gasteiger partial charge in [-0.2, -0.15) is 0 Å². The van der Waals surface area contributed by atoms with Crippen LogP contribution < -0.4 is 5.69 Å². The third kappa shape index (κ3) is 3.97. The topological polar surface area (TPSA) is 93.5 Å². The Morgan fingerprint density at radius 2 is 1.74 bits per heavy atom. The van der Waals surface area contributed by atoms with Gasteiger partial charge < -0.3 is 14.4 Å². The fourth-order valence-corrected chi connectivity index (χ4v) is 5.20. The summed E-state index contributed by atoms with van der Waals surface area (Å²) in [7, 11) is 1.45. The molecule has 0 aliphatic carbocycles. The molecule has 5 aromatic rings. The molecule has 0 bridgehead atoms. The zero-order valence-electron chi connectivity index (χ0n) is 20.3. The van der Waals surface area contributed by atoms with Gasteiger partial charge in [-0.05, 0) is 42.7 Å². The van der Waals surface area contributed by atoms with Crippen LogP contribution in [0.3, 0.4) is 0 Å². The summed E-state index contributed by atoms with van der Waals surface area (Å²) in [5.41, 5.74) is 2.62. The van der Waals surface area contributed by atoms with E-state index in [9.17, 15) is 14.7 Å². The molecular weight excluding hydrogens is 527 g/mol. The molecule has 2 aromatic carbocycles. The zero-order chi connectivity index (χ0) is 26.6. The van der Waals surface area contributed by atoms with Gasteiger partial charge in [0.1, 0.15) is 5.69 Å². The van der Waals surface area contributed by atoms with E-state index in [1.807, 2.05) is 36.4 Å². The van der Waals surface area contributed by atoms with E-state index >= 15 is 0 Å². The van der Waals surface area contributed by atoms with Gasteiger partial charge in [0, 0.05) is 41.3 Å². The van der Waals surface area contributed by atoms with Crippen molar-refractivity contribution in [2.75, 3.05) is 13.1 Å². The molecule has 1 saturated heterocycles. The molecular formula is C28H22Cl2N4O4. The van der Waals surface area contributed by atoms with E-state index in [2.05, 4.69) is 0 Å². The highest BCUT2D eigenvalue weighted by Gasteiger charge is 2.31. The molecule has 10 heteroatoms. The standard InChI is InChI=1S/C28H22Cl2N4O4/c1-32-22(35)15-34(28(32)37)24-20-14-19(16-8-10-17(29)11-9-16)23(18-6-2-3-7-21(18)30)31-26(20)38-25(24)27(36)33-12-4-5-13-33/h2-3,6-11,14-15,35H,4-5,12-13H2,1H3. The third-order valence-electron chi connectivity index (χ3n) is 6.85. The molecule has 1 N–H and O–H groups in total. The molecule has 1 aliphatic heterocycles. The summed E-state index contributed by atoms with van der Waals surface area (Å²) in [5, 5.41) is 11.8. The van der Waals surface area contributed by atoms with Crippen LogP contribution in [-0.4, -0.2) is 43.1 Å². The lowest BCUT2D eigenvalue weighted by Crippen LogP contribution is -2.29. The quantitative estimate of drug-likeness (QED) is 0.301. The van der Waals surface area contributed by atoms with Crippen molar-refractivity contribution in [1.82, 2.24) is 19.0 Å². The van der Waals surface area contributed by atoms with Crippen molar-refractivity contribution in [1.29, 1.82) is 0 Å². The van der Waals surface area contributed by atoms with E-state index in [0.717, 1.165) is 23.0 Å². The second kappa shape index (κ2) is 9.38. The smallest absolute Gasteiger partial charge is 0.335 e. The number of hydrogen-bond donors (Lipinski definition) is 1. The van der Waals surface area contributed by atoms with Crippen LogP contribution in [0.4, 0.5) is 0 Å². The minimum absolute atomic E-state index is 0.0135. The number of benzene rings is 2. The molecule has 0 unspecified atom stereocenters. The number of nitrogens with zero attached hydrogens (tertiary/aromatic N) is 4. The van der Waals surface area contributed by atoms with E-state index in [-0.39, 0.29) is 28.9 Å². The number of fused-ring (bicyclic) bond motifs is 1. The van der Waals surface area contributed by atoms with Crippen LogP contribution >= 0.6 is 23.2 Å². The molecule has 3 aromatic heterocycles. The van der Waals surface area contributed by atoms with Crippen molar-refractivity contribution in [3.05, 3.63) is 87.1 Å². The van der Waals surface area contributed by atoms with Crippen LogP contribution in [0, 0.1) is 0 Å². The molecule has 1 fully saturated rings. The number of halogens is 2. The minimum Gasteiger partial charge on any atom is -0.493 e. The fourth-order valence-electron chi connectivity index (χ4n) is 4.84. The Hall–Kier alpha value is -4.01. The Balaban J connectivity index is 1.69. The predicted molar refractivity (Wildman–Crippen MR) is 146 cm³/mol. The first-order valence-electron chi connectivity index (χ1n) is 12.1. The fraction of sp³-hybridized carbons (Fsp3) is 0.179. The number of rotatable bonds is 4. The summed E-state index contributed by atoms with van der Waals surface area (Å²) >= 11 is 12.7. The van der Waals surface area contributed by atoms with Gasteiger partial charge in [0.2, 0.25) is 17.4 Å². The molecule has 1 amide bonds. The Morgan fingerprint density at radius 3 is 2.39 bits per heavy atom. The largest absolute Gasteiger partial charge is 0.493 e. The summed E-state index contributed by atoms with van der Waals surface area (Å²) in [6.45, 7) is 1.19. The summed E-state index contributed by atoms with van der Waals surface area (Å²) in [5.74, 6) is -0.596. The average molecular weight is 549 g/mol. The van der Waals surface area contributed by atoms with Crippen molar-refractivity contribution in [2.24, 2.45) is 7.05 Å². The molecule has 38 heavy (non-hydrogen) atoms. The summed E-state index contributed by atoms with van der Waals surface area (Å²) in [6.07, 6.45) is 3.06. The lowest BCUT2D eigenvalue weighted by atomic mass is 9.98. The predicted octanol–water partition coefficient (Wildman–Crippen LogP) is 5.90. The number of imidazole rings is 1. The molecule has 4 heterocycles. The molecule has 0 saturated carbocycles. The average Bonchev–Trinajstić information content (AvgIpc) is 3.64. The first-order valence-corrected chi connectivity index (χ1v) is 12.8. The van der Waals surface area contributed by atoms with Gasteiger partial charge in [-0.15, -0.1) is 0 Å². The van der Waals surface area contributed by atoms with Gasteiger partial charge in [-0.25, -0.2) is 9.78 Å². The Kier molecular flexibility index (Phi) is 6.01. The molecule has 1 aliphatic rings. The molecule has 192 valence electrons. The van der Waals surface area contributed by atoms with Gasteiger partial charge in [-0.1, -0.05) is 53.5 Å². The lowest BCUT2D eigenvalue weighted by molar-refractivity contribution is 0.0763. The second-order valence-corrected chi connectivity index (χ2v) is 10.0. The van der Waals surface area contributed by atoms with Crippen LogP contribution in [0.1, 0.15) is 23.4 Å². The Labute approximate surface area is 227 Å². The van der Waals surface area contributed by atoms with Crippen molar-refractivity contribution in [3.63, 3.8) is 0 Å². The molecule has 0 radical (unpaired) electrons. The van der Waals surface area contributed by atoms with Crippen molar-refractivity contribution in [2.45, 2.75) is 12.8 Å². The number of likely N-dealkylation sites (tertiary alicyclic amines) is 1. The summed E-state index contributed by atoms with van der Waals surface area (Å²) in [6, 6.07) is 16.4.